The number of aryl methyl sites for hydroxylation is 1. The highest BCUT2D eigenvalue weighted by Gasteiger charge is 2.22. The Labute approximate surface area is 174 Å². The zero-order chi connectivity index (χ0) is 20.9. The van der Waals surface area contributed by atoms with Crippen molar-refractivity contribution in [3.8, 4) is 28.6 Å². The number of rotatable bonds is 7. The van der Waals surface area contributed by atoms with E-state index in [4.69, 9.17) is 18.7 Å². The minimum absolute atomic E-state index is 0.0486. The van der Waals surface area contributed by atoms with Crippen molar-refractivity contribution >= 4 is 5.91 Å². The van der Waals surface area contributed by atoms with Crippen LogP contribution in [0.3, 0.4) is 0 Å². The van der Waals surface area contributed by atoms with Crippen molar-refractivity contribution in [3.05, 3.63) is 53.9 Å². The average molecular weight is 409 g/mol. The molecule has 0 saturated heterocycles. The molecule has 0 spiro atoms. The molecular weight excluding hydrogens is 386 g/mol. The number of carbonyl (C=O) groups excluding carboxylic acids is 1. The van der Waals surface area contributed by atoms with Gasteiger partial charge in [0.05, 0.1) is 26.9 Å². The first-order valence-corrected chi connectivity index (χ1v) is 9.74. The molecule has 156 valence electrons. The van der Waals surface area contributed by atoms with Gasteiger partial charge in [-0.25, -0.2) is 0 Å². The SMILES string of the molecule is COc1ccc(-c2noc(CCC(=O)N[C@@H]3CCOc4ccccc43)n2)cc1OC. The van der Waals surface area contributed by atoms with Gasteiger partial charge in [0.25, 0.3) is 0 Å². The summed E-state index contributed by atoms with van der Waals surface area (Å²) in [4.78, 5) is 16.8. The van der Waals surface area contributed by atoms with E-state index in [9.17, 15) is 4.79 Å². The molecule has 0 unspecified atom stereocenters. The Morgan fingerprint density at radius 3 is 2.83 bits per heavy atom. The van der Waals surface area contributed by atoms with Crippen LogP contribution in [0, 0.1) is 0 Å². The number of methoxy groups -OCH3 is 2. The molecule has 1 aliphatic rings. The van der Waals surface area contributed by atoms with Crippen molar-refractivity contribution in [3.63, 3.8) is 0 Å². The molecular formula is C22H23N3O5. The summed E-state index contributed by atoms with van der Waals surface area (Å²) < 4.78 is 21.5. The molecule has 0 aliphatic carbocycles. The lowest BCUT2D eigenvalue weighted by Crippen LogP contribution is -2.32. The topological polar surface area (TPSA) is 95.7 Å². The van der Waals surface area contributed by atoms with Gasteiger partial charge in [0.15, 0.2) is 11.5 Å². The highest BCUT2D eigenvalue weighted by Crippen LogP contribution is 2.32. The van der Waals surface area contributed by atoms with Crippen LogP contribution >= 0.6 is 0 Å². The highest BCUT2D eigenvalue weighted by atomic mass is 16.5. The third kappa shape index (κ3) is 4.22. The maximum Gasteiger partial charge on any atom is 0.227 e. The number of hydrogen-bond donors (Lipinski definition) is 1. The van der Waals surface area contributed by atoms with E-state index in [1.54, 1.807) is 26.4 Å². The highest BCUT2D eigenvalue weighted by molar-refractivity contribution is 5.76. The van der Waals surface area contributed by atoms with Crippen LogP contribution in [0.5, 0.6) is 17.2 Å². The van der Waals surface area contributed by atoms with Crippen LogP contribution in [0.2, 0.25) is 0 Å². The predicted octanol–water partition coefficient (Wildman–Crippen LogP) is 3.33. The van der Waals surface area contributed by atoms with Gasteiger partial charge in [0.1, 0.15) is 5.75 Å². The minimum atomic E-state index is -0.0671. The smallest absolute Gasteiger partial charge is 0.227 e. The van der Waals surface area contributed by atoms with E-state index in [0.29, 0.717) is 36.2 Å². The number of amides is 1. The van der Waals surface area contributed by atoms with Crippen molar-refractivity contribution in [2.24, 2.45) is 0 Å². The maximum atomic E-state index is 12.5. The molecule has 30 heavy (non-hydrogen) atoms. The van der Waals surface area contributed by atoms with Gasteiger partial charge in [0.2, 0.25) is 17.6 Å². The Bertz CT molecular complexity index is 1030. The van der Waals surface area contributed by atoms with E-state index in [-0.39, 0.29) is 18.4 Å². The molecule has 0 saturated carbocycles. The zero-order valence-electron chi connectivity index (χ0n) is 16.9. The van der Waals surface area contributed by atoms with Gasteiger partial charge >= 0.3 is 0 Å². The normalized spacial score (nSPS) is 15.1. The first-order valence-electron chi connectivity index (χ1n) is 9.74. The Kier molecular flexibility index (Phi) is 5.83. The minimum Gasteiger partial charge on any atom is -0.493 e. The van der Waals surface area contributed by atoms with Crippen molar-refractivity contribution in [2.75, 3.05) is 20.8 Å². The van der Waals surface area contributed by atoms with Crippen molar-refractivity contribution < 1.29 is 23.5 Å². The monoisotopic (exact) mass is 409 g/mol. The van der Waals surface area contributed by atoms with Crippen LogP contribution in [-0.2, 0) is 11.2 Å². The summed E-state index contributed by atoms with van der Waals surface area (Å²) in [5, 5.41) is 7.08. The number of para-hydroxylation sites is 1. The summed E-state index contributed by atoms with van der Waals surface area (Å²) >= 11 is 0. The molecule has 0 fully saturated rings. The van der Waals surface area contributed by atoms with Crippen LogP contribution in [0.1, 0.15) is 30.3 Å². The van der Waals surface area contributed by atoms with Crippen LogP contribution in [-0.4, -0.2) is 36.9 Å². The second-order valence-corrected chi connectivity index (χ2v) is 6.88. The molecule has 8 heteroatoms. The number of carbonyl (C=O) groups is 1. The number of fused-ring (bicyclic) bond motifs is 1. The molecule has 8 nitrogen and oxygen atoms in total. The Morgan fingerprint density at radius 2 is 2.00 bits per heavy atom. The third-order valence-electron chi connectivity index (χ3n) is 4.97. The van der Waals surface area contributed by atoms with Gasteiger partial charge in [-0.1, -0.05) is 23.4 Å². The van der Waals surface area contributed by atoms with Gasteiger partial charge in [0, 0.05) is 30.4 Å². The molecule has 1 amide bonds. The lowest BCUT2D eigenvalue weighted by Gasteiger charge is -2.26. The van der Waals surface area contributed by atoms with Gasteiger partial charge in [-0.15, -0.1) is 0 Å². The largest absolute Gasteiger partial charge is 0.493 e. The van der Waals surface area contributed by atoms with E-state index in [2.05, 4.69) is 15.5 Å². The molecule has 4 rings (SSSR count). The molecule has 0 bridgehead atoms. The van der Waals surface area contributed by atoms with Gasteiger partial charge in [-0.05, 0) is 24.3 Å². The predicted molar refractivity (Wildman–Crippen MR) is 109 cm³/mol. The van der Waals surface area contributed by atoms with E-state index in [0.717, 1.165) is 23.3 Å². The summed E-state index contributed by atoms with van der Waals surface area (Å²) in [5.74, 6) is 2.80. The summed E-state index contributed by atoms with van der Waals surface area (Å²) in [5.41, 5.74) is 1.75. The Hall–Kier alpha value is -3.55. The molecule has 1 N–H and O–H groups in total. The van der Waals surface area contributed by atoms with E-state index in [1.807, 2.05) is 30.3 Å². The second kappa shape index (κ2) is 8.86. The van der Waals surface area contributed by atoms with Gasteiger partial charge in [-0.3, -0.25) is 4.79 Å². The van der Waals surface area contributed by atoms with E-state index >= 15 is 0 Å². The molecule has 2 aromatic carbocycles. The summed E-state index contributed by atoms with van der Waals surface area (Å²) in [6.07, 6.45) is 1.36. The molecule has 2 heterocycles. The number of ether oxygens (including phenoxy) is 3. The molecule has 1 aliphatic heterocycles. The lowest BCUT2D eigenvalue weighted by molar-refractivity contribution is -0.122. The zero-order valence-corrected chi connectivity index (χ0v) is 16.9. The quantitative estimate of drug-likeness (QED) is 0.639. The third-order valence-corrected chi connectivity index (χ3v) is 4.97. The Balaban J connectivity index is 1.36. The van der Waals surface area contributed by atoms with E-state index < -0.39 is 0 Å². The lowest BCUT2D eigenvalue weighted by atomic mass is 10.0. The standard InChI is InChI=1S/C22H23N3O5/c1-27-18-8-7-14(13-19(18)28-2)22-24-21(30-25-22)10-9-20(26)23-16-11-12-29-17-6-4-3-5-15(16)17/h3-8,13,16H,9-12H2,1-2H3,(H,23,26)/t16-/m1/s1. The summed E-state index contributed by atoms with van der Waals surface area (Å²) in [6, 6.07) is 13.1. The van der Waals surface area contributed by atoms with Crippen LogP contribution in [0.4, 0.5) is 0 Å². The molecule has 1 aromatic heterocycles. The van der Waals surface area contributed by atoms with Crippen LogP contribution in [0.25, 0.3) is 11.4 Å². The van der Waals surface area contributed by atoms with Gasteiger partial charge in [-0.2, -0.15) is 4.98 Å². The van der Waals surface area contributed by atoms with Crippen molar-refractivity contribution in [1.82, 2.24) is 15.5 Å². The molecule has 1 atom stereocenters. The number of aromatic nitrogens is 2. The summed E-state index contributed by atoms with van der Waals surface area (Å²) in [7, 11) is 3.15. The fraction of sp³-hybridized carbons (Fsp3) is 0.318. The van der Waals surface area contributed by atoms with Crippen molar-refractivity contribution in [1.29, 1.82) is 0 Å². The second-order valence-electron chi connectivity index (χ2n) is 6.88. The number of nitrogens with one attached hydrogen (secondary N) is 1. The maximum absolute atomic E-state index is 12.5. The van der Waals surface area contributed by atoms with Gasteiger partial charge < -0.3 is 24.1 Å². The number of nitrogens with zero attached hydrogens (tertiary/aromatic N) is 2. The van der Waals surface area contributed by atoms with Crippen molar-refractivity contribution in [2.45, 2.75) is 25.3 Å². The van der Waals surface area contributed by atoms with E-state index in [1.165, 1.54) is 0 Å². The average Bonchev–Trinajstić information content (AvgIpc) is 3.26. The fourth-order valence-corrected chi connectivity index (χ4v) is 3.43. The number of benzene rings is 2. The van der Waals surface area contributed by atoms with Crippen LogP contribution in [0.15, 0.2) is 47.0 Å². The first-order chi connectivity index (χ1) is 14.7. The number of hydrogen-bond acceptors (Lipinski definition) is 7. The summed E-state index contributed by atoms with van der Waals surface area (Å²) in [6.45, 7) is 0.584. The Morgan fingerprint density at radius 1 is 1.17 bits per heavy atom. The fourth-order valence-electron chi connectivity index (χ4n) is 3.43. The first kappa shape index (κ1) is 19.8. The molecule has 0 radical (unpaired) electrons. The van der Waals surface area contributed by atoms with Crippen LogP contribution < -0.4 is 19.5 Å². The molecule has 3 aromatic rings.